The molecule has 0 aromatic heterocycles. The van der Waals surface area contributed by atoms with Crippen molar-refractivity contribution in [2.24, 2.45) is 0 Å². The molecule has 346 valence electrons. The summed E-state index contributed by atoms with van der Waals surface area (Å²) in [5.74, 6) is -0.230. The molecule has 9 heteroatoms. The van der Waals surface area contributed by atoms with Crippen molar-refractivity contribution < 1.29 is 32.9 Å². The van der Waals surface area contributed by atoms with Gasteiger partial charge >= 0.3 is 0 Å². The van der Waals surface area contributed by atoms with E-state index in [1.54, 1.807) is 6.08 Å². The van der Waals surface area contributed by atoms with E-state index in [2.05, 4.69) is 129 Å². The Morgan fingerprint density at radius 2 is 1.00 bits per heavy atom. The first-order valence-corrected chi connectivity index (χ1v) is 24.9. The third kappa shape index (κ3) is 44.8. The average Bonchev–Trinajstić information content (AvgIpc) is 3.21. The van der Waals surface area contributed by atoms with Gasteiger partial charge in [-0.25, -0.2) is 0 Å². The van der Waals surface area contributed by atoms with Crippen molar-refractivity contribution in [2.75, 3.05) is 40.9 Å². The van der Waals surface area contributed by atoms with Gasteiger partial charge in [-0.15, -0.1) is 0 Å². The van der Waals surface area contributed by atoms with Gasteiger partial charge in [0.25, 0.3) is 7.82 Å². The van der Waals surface area contributed by atoms with E-state index in [0.29, 0.717) is 17.4 Å². The summed E-state index contributed by atoms with van der Waals surface area (Å²) < 4.78 is 23.0. The molecule has 0 radical (unpaired) electrons. The van der Waals surface area contributed by atoms with Crippen LogP contribution in [-0.4, -0.2) is 68.5 Å². The Balaban J connectivity index is 4.14. The molecule has 0 heterocycles. The Hall–Kier alpha value is -3.10. The van der Waals surface area contributed by atoms with E-state index in [1.807, 2.05) is 27.2 Å². The molecule has 3 unspecified atom stereocenters. The van der Waals surface area contributed by atoms with Gasteiger partial charge < -0.3 is 28.8 Å². The summed E-state index contributed by atoms with van der Waals surface area (Å²) in [6.45, 7) is 4.39. The van der Waals surface area contributed by atoms with Gasteiger partial charge in [0.05, 0.1) is 39.9 Å². The quantitative estimate of drug-likeness (QED) is 0.0275. The van der Waals surface area contributed by atoms with Crippen LogP contribution in [0.4, 0.5) is 0 Å². The number of phosphoric acid groups is 1. The van der Waals surface area contributed by atoms with E-state index in [0.717, 1.165) is 128 Å². The molecule has 3 atom stereocenters. The summed E-state index contributed by atoms with van der Waals surface area (Å²) in [5, 5.41) is 13.6. The Kier molecular flexibility index (Phi) is 40.1. The molecule has 0 saturated heterocycles. The average molecular weight is 867 g/mol. The van der Waals surface area contributed by atoms with Gasteiger partial charge in [0, 0.05) is 6.42 Å². The number of carbonyl (C=O) groups is 1. The van der Waals surface area contributed by atoms with Crippen LogP contribution < -0.4 is 10.2 Å². The normalized spacial score (nSPS) is 15.3. The Morgan fingerprint density at radius 1 is 0.590 bits per heavy atom. The van der Waals surface area contributed by atoms with Crippen molar-refractivity contribution in [3.8, 4) is 0 Å². The van der Waals surface area contributed by atoms with Crippen molar-refractivity contribution in [1.82, 2.24) is 5.32 Å². The van der Waals surface area contributed by atoms with Crippen molar-refractivity contribution in [3.05, 3.63) is 122 Å². The van der Waals surface area contributed by atoms with Crippen molar-refractivity contribution in [1.29, 1.82) is 0 Å². The standard InChI is InChI=1S/C52H87N2O6P/c1-6-8-10-12-14-15-16-17-18-19-20-21-22-23-24-25-26-27-28-29-30-31-32-33-34-35-36-37-38-39-40-42-44-46-52(56)53-50(51(55)45-43-41-13-11-9-7-2)49-60-61(57,58)59-48-47-54(3,4)5/h8,10,14-15,17-18,20-21,23-24,26-27,29-30,32-33,35-36,43,45,50-51,55H,6-7,9,11-13,16,19,22,25,28,31,34,37-42,44,46-49H2,1-5H3,(H-,53,56,57,58)/b10-8-,15-14-,18-17-,21-20-,24-23-,27-26-,30-29-,33-32-,36-35-,45-43+. The topological polar surface area (TPSA) is 108 Å². The van der Waals surface area contributed by atoms with Gasteiger partial charge in [0.15, 0.2) is 0 Å². The first-order valence-electron chi connectivity index (χ1n) is 23.4. The second-order valence-corrected chi connectivity index (χ2v) is 17.8. The molecule has 0 bridgehead atoms. The number of hydrogen-bond acceptors (Lipinski definition) is 6. The highest BCUT2D eigenvalue weighted by molar-refractivity contribution is 7.45. The van der Waals surface area contributed by atoms with Crippen LogP contribution in [0.25, 0.3) is 0 Å². The lowest BCUT2D eigenvalue weighted by atomic mass is 10.1. The summed E-state index contributed by atoms with van der Waals surface area (Å²) in [5.41, 5.74) is 0. The molecule has 0 aromatic carbocycles. The Labute approximate surface area is 374 Å². The third-order valence-corrected chi connectivity index (χ3v) is 10.4. The fraction of sp³-hybridized carbons (Fsp3) is 0.596. The fourth-order valence-corrected chi connectivity index (χ4v) is 6.45. The number of nitrogens with one attached hydrogen (secondary N) is 1. The maximum atomic E-state index is 12.8. The van der Waals surface area contributed by atoms with Gasteiger partial charge in [0.2, 0.25) is 5.91 Å². The van der Waals surface area contributed by atoms with Crippen LogP contribution in [0, 0.1) is 0 Å². The summed E-state index contributed by atoms with van der Waals surface area (Å²) in [4.78, 5) is 25.1. The van der Waals surface area contributed by atoms with Crippen LogP contribution in [0.5, 0.6) is 0 Å². The van der Waals surface area contributed by atoms with Crippen molar-refractivity contribution >= 4 is 13.7 Å². The van der Waals surface area contributed by atoms with Gasteiger partial charge in [0.1, 0.15) is 13.2 Å². The van der Waals surface area contributed by atoms with Crippen LogP contribution in [0.1, 0.15) is 149 Å². The Morgan fingerprint density at radius 3 is 1.46 bits per heavy atom. The molecule has 0 aliphatic rings. The molecule has 61 heavy (non-hydrogen) atoms. The minimum Gasteiger partial charge on any atom is -0.756 e. The number of carbonyl (C=O) groups excluding carboxylic acids is 1. The van der Waals surface area contributed by atoms with E-state index < -0.39 is 26.6 Å². The molecule has 0 aromatic rings. The highest BCUT2D eigenvalue weighted by Gasteiger charge is 2.23. The summed E-state index contributed by atoms with van der Waals surface area (Å²) in [6.07, 6.45) is 62.9. The first-order chi connectivity index (χ1) is 29.5. The van der Waals surface area contributed by atoms with Crippen LogP contribution >= 0.6 is 7.82 Å². The number of nitrogens with zero attached hydrogens (tertiary/aromatic N) is 1. The van der Waals surface area contributed by atoms with Crippen molar-refractivity contribution in [2.45, 2.75) is 161 Å². The van der Waals surface area contributed by atoms with Crippen LogP contribution in [0.2, 0.25) is 0 Å². The number of likely N-dealkylation sites (N-methyl/N-ethyl adjacent to an activating group) is 1. The van der Waals surface area contributed by atoms with E-state index in [1.165, 1.54) is 0 Å². The number of allylic oxidation sites excluding steroid dienone is 19. The number of aliphatic hydroxyl groups excluding tert-OH is 1. The monoisotopic (exact) mass is 867 g/mol. The zero-order chi connectivity index (χ0) is 45.0. The highest BCUT2D eigenvalue weighted by Crippen LogP contribution is 2.38. The number of rotatable bonds is 40. The lowest BCUT2D eigenvalue weighted by Gasteiger charge is -2.29. The summed E-state index contributed by atoms with van der Waals surface area (Å²) >= 11 is 0. The molecule has 0 aliphatic heterocycles. The van der Waals surface area contributed by atoms with Crippen molar-refractivity contribution in [3.63, 3.8) is 0 Å². The molecule has 2 N–H and O–H groups in total. The second-order valence-electron chi connectivity index (χ2n) is 16.4. The van der Waals surface area contributed by atoms with Gasteiger partial charge in [-0.2, -0.15) is 0 Å². The van der Waals surface area contributed by atoms with E-state index in [-0.39, 0.29) is 12.5 Å². The minimum absolute atomic E-state index is 0.0130. The molecule has 1 amide bonds. The lowest BCUT2D eigenvalue weighted by Crippen LogP contribution is -2.45. The molecule has 0 rings (SSSR count). The lowest BCUT2D eigenvalue weighted by molar-refractivity contribution is -0.870. The van der Waals surface area contributed by atoms with Gasteiger partial charge in [-0.3, -0.25) is 9.36 Å². The van der Waals surface area contributed by atoms with Crippen LogP contribution in [0.3, 0.4) is 0 Å². The maximum absolute atomic E-state index is 12.8. The fourth-order valence-electron chi connectivity index (χ4n) is 5.73. The SMILES string of the molecule is CC/C=C\C/C=C\C/C=C\C/C=C\C/C=C\C/C=C\C/C=C\C/C=C\C/C=C\CCCCCCCC(=O)NC(COP(=O)([O-])OCC[N+](C)(C)C)C(O)/C=C/CCCCCC. The first kappa shape index (κ1) is 57.9. The molecule has 8 nitrogen and oxygen atoms in total. The van der Waals surface area contributed by atoms with Gasteiger partial charge in [-0.1, -0.05) is 174 Å². The number of aliphatic hydroxyl groups is 1. The zero-order valence-corrected chi connectivity index (χ0v) is 39.9. The van der Waals surface area contributed by atoms with Gasteiger partial charge in [-0.05, 0) is 89.9 Å². The minimum atomic E-state index is -4.59. The number of amides is 1. The number of unbranched alkanes of at least 4 members (excludes halogenated alkanes) is 9. The maximum Gasteiger partial charge on any atom is 0.268 e. The molecule has 0 aliphatic carbocycles. The van der Waals surface area contributed by atoms with Crippen LogP contribution in [0.15, 0.2) is 122 Å². The third-order valence-electron chi connectivity index (χ3n) is 9.43. The Bertz CT molecular complexity index is 1400. The van der Waals surface area contributed by atoms with E-state index in [9.17, 15) is 19.4 Å². The molecule has 0 saturated carbocycles. The largest absolute Gasteiger partial charge is 0.756 e. The smallest absolute Gasteiger partial charge is 0.268 e. The molecular formula is C52H87N2O6P. The van der Waals surface area contributed by atoms with Crippen LogP contribution in [-0.2, 0) is 18.4 Å². The summed E-state index contributed by atoms with van der Waals surface area (Å²) in [6, 6.07) is -0.902. The number of phosphoric ester groups is 1. The van der Waals surface area contributed by atoms with E-state index >= 15 is 0 Å². The summed E-state index contributed by atoms with van der Waals surface area (Å²) in [7, 11) is 1.22. The molecular weight excluding hydrogens is 780 g/mol. The highest BCUT2D eigenvalue weighted by atomic mass is 31.2. The number of quaternary nitrogens is 1. The predicted octanol–water partition coefficient (Wildman–Crippen LogP) is 12.8. The molecule has 0 fully saturated rings. The predicted molar refractivity (Wildman–Crippen MR) is 260 cm³/mol. The van der Waals surface area contributed by atoms with E-state index in [4.69, 9.17) is 9.05 Å². The number of hydrogen-bond donors (Lipinski definition) is 2. The second kappa shape index (κ2) is 42.2. The zero-order valence-electron chi connectivity index (χ0n) is 39.1. The molecule has 0 spiro atoms.